The molecule has 0 spiro atoms. The highest BCUT2D eigenvalue weighted by atomic mass is 32.2. The van der Waals surface area contributed by atoms with Crippen molar-refractivity contribution in [2.24, 2.45) is 0 Å². The van der Waals surface area contributed by atoms with Gasteiger partial charge in [-0.25, -0.2) is 12.8 Å². The summed E-state index contributed by atoms with van der Waals surface area (Å²) in [7, 11) is -2.77. The van der Waals surface area contributed by atoms with Gasteiger partial charge in [0.1, 0.15) is 22.2 Å². The van der Waals surface area contributed by atoms with Crippen LogP contribution >= 0.6 is 0 Å². The Morgan fingerprint density at radius 2 is 1.84 bits per heavy atom. The molecule has 10 heteroatoms. The summed E-state index contributed by atoms with van der Waals surface area (Å²) in [5.41, 5.74) is 8.59. The predicted octanol–water partition coefficient (Wildman–Crippen LogP) is 4.16. The SMILES string of the molecule is CCOc1cc(-c2ccc(NS(=O)(=O)c3cc(OC)ccc3F)cc2)cc2[nH]nc(N)c12. The first-order chi connectivity index (χ1) is 15.3. The van der Waals surface area contributed by atoms with Gasteiger partial charge in [0, 0.05) is 11.8 Å². The summed E-state index contributed by atoms with van der Waals surface area (Å²) in [4.78, 5) is -0.496. The molecule has 0 unspecified atom stereocenters. The normalized spacial score (nSPS) is 11.5. The van der Waals surface area contributed by atoms with Crippen LogP contribution in [0.5, 0.6) is 11.5 Å². The van der Waals surface area contributed by atoms with Crippen LogP contribution in [0.1, 0.15) is 6.92 Å². The Kier molecular flexibility index (Phi) is 5.62. The molecule has 8 nitrogen and oxygen atoms in total. The van der Waals surface area contributed by atoms with Crippen LogP contribution in [0.2, 0.25) is 0 Å². The number of rotatable bonds is 7. The van der Waals surface area contributed by atoms with Crippen molar-refractivity contribution in [3.63, 3.8) is 0 Å². The summed E-state index contributed by atoms with van der Waals surface area (Å²) >= 11 is 0. The second kappa shape index (κ2) is 8.39. The molecule has 1 heterocycles. The molecule has 0 radical (unpaired) electrons. The van der Waals surface area contributed by atoms with Gasteiger partial charge in [-0.2, -0.15) is 5.10 Å². The third-order valence-corrected chi connectivity index (χ3v) is 6.25. The molecule has 0 amide bonds. The number of methoxy groups -OCH3 is 1. The Labute approximate surface area is 184 Å². The minimum Gasteiger partial charge on any atom is -0.497 e. The number of aromatic amines is 1. The van der Waals surface area contributed by atoms with Gasteiger partial charge in [0.25, 0.3) is 10.0 Å². The number of hydrogen-bond donors (Lipinski definition) is 3. The summed E-state index contributed by atoms with van der Waals surface area (Å²) in [5.74, 6) is 0.321. The number of ether oxygens (including phenoxy) is 2. The molecule has 0 aliphatic heterocycles. The minimum atomic E-state index is -4.15. The topological polar surface area (TPSA) is 119 Å². The zero-order valence-electron chi connectivity index (χ0n) is 17.3. The second-order valence-corrected chi connectivity index (χ2v) is 8.57. The molecular weight excluding hydrogens is 435 g/mol. The van der Waals surface area contributed by atoms with E-state index < -0.39 is 20.7 Å². The molecule has 32 heavy (non-hydrogen) atoms. The van der Waals surface area contributed by atoms with Crippen LogP contribution in [-0.4, -0.2) is 32.3 Å². The van der Waals surface area contributed by atoms with Gasteiger partial charge in [0.15, 0.2) is 5.82 Å². The van der Waals surface area contributed by atoms with E-state index in [1.54, 1.807) is 24.3 Å². The molecule has 4 aromatic rings. The number of nitrogens with zero attached hydrogens (tertiary/aromatic N) is 1. The maximum Gasteiger partial charge on any atom is 0.264 e. The number of sulfonamides is 1. The molecule has 0 saturated heterocycles. The van der Waals surface area contributed by atoms with Crippen LogP contribution in [0.4, 0.5) is 15.9 Å². The van der Waals surface area contributed by atoms with E-state index >= 15 is 0 Å². The average molecular weight is 456 g/mol. The zero-order chi connectivity index (χ0) is 22.9. The lowest BCUT2D eigenvalue weighted by atomic mass is 10.0. The summed E-state index contributed by atoms with van der Waals surface area (Å²) in [6.07, 6.45) is 0. The number of benzene rings is 3. The highest BCUT2D eigenvalue weighted by Gasteiger charge is 2.20. The Morgan fingerprint density at radius 1 is 1.09 bits per heavy atom. The highest BCUT2D eigenvalue weighted by Crippen LogP contribution is 2.35. The number of hydrogen-bond acceptors (Lipinski definition) is 6. The second-order valence-electron chi connectivity index (χ2n) is 6.92. The number of H-pyrrole nitrogens is 1. The molecule has 1 aromatic heterocycles. The lowest BCUT2D eigenvalue weighted by Gasteiger charge is -2.12. The van der Waals surface area contributed by atoms with Crippen molar-refractivity contribution in [1.82, 2.24) is 10.2 Å². The molecule has 0 aliphatic carbocycles. The van der Waals surface area contributed by atoms with E-state index in [4.69, 9.17) is 15.2 Å². The van der Waals surface area contributed by atoms with Gasteiger partial charge in [0.05, 0.1) is 24.6 Å². The fraction of sp³-hybridized carbons (Fsp3) is 0.136. The molecule has 0 bridgehead atoms. The van der Waals surface area contributed by atoms with E-state index in [9.17, 15) is 12.8 Å². The molecule has 0 aliphatic rings. The van der Waals surface area contributed by atoms with Gasteiger partial charge in [-0.1, -0.05) is 12.1 Å². The Balaban J connectivity index is 1.64. The van der Waals surface area contributed by atoms with E-state index in [0.29, 0.717) is 23.6 Å². The number of nitrogens with one attached hydrogen (secondary N) is 2. The summed E-state index contributed by atoms with van der Waals surface area (Å²) in [5, 5.41) is 7.62. The lowest BCUT2D eigenvalue weighted by molar-refractivity contribution is 0.344. The summed E-state index contributed by atoms with van der Waals surface area (Å²) in [6.45, 7) is 2.34. The fourth-order valence-corrected chi connectivity index (χ4v) is 4.49. The number of fused-ring (bicyclic) bond motifs is 1. The monoisotopic (exact) mass is 456 g/mol. The molecule has 3 aromatic carbocycles. The Bertz CT molecular complexity index is 1390. The van der Waals surface area contributed by atoms with Gasteiger partial charge < -0.3 is 15.2 Å². The third kappa shape index (κ3) is 4.04. The zero-order valence-corrected chi connectivity index (χ0v) is 18.2. The first-order valence-electron chi connectivity index (χ1n) is 9.69. The number of halogens is 1. The summed E-state index contributed by atoms with van der Waals surface area (Å²) in [6, 6.07) is 13.9. The maximum absolute atomic E-state index is 14.1. The molecule has 166 valence electrons. The van der Waals surface area contributed by atoms with E-state index in [1.165, 1.54) is 13.2 Å². The average Bonchev–Trinajstić information content (AvgIpc) is 3.15. The van der Waals surface area contributed by atoms with Crippen molar-refractivity contribution in [3.8, 4) is 22.6 Å². The van der Waals surface area contributed by atoms with Gasteiger partial charge >= 0.3 is 0 Å². The van der Waals surface area contributed by atoms with Crippen LogP contribution in [0.25, 0.3) is 22.0 Å². The van der Waals surface area contributed by atoms with Crippen molar-refractivity contribution in [2.45, 2.75) is 11.8 Å². The molecular formula is C22H21FN4O4S. The molecule has 4 rings (SSSR count). The van der Waals surface area contributed by atoms with Crippen LogP contribution < -0.4 is 19.9 Å². The number of nitrogen functional groups attached to an aromatic ring is 1. The molecule has 0 saturated carbocycles. The van der Waals surface area contributed by atoms with Crippen molar-refractivity contribution < 1.29 is 22.3 Å². The highest BCUT2D eigenvalue weighted by molar-refractivity contribution is 7.92. The largest absolute Gasteiger partial charge is 0.497 e. The van der Waals surface area contributed by atoms with Crippen molar-refractivity contribution in [1.29, 1.82) is 0 Å². The molecule has 0 fully saturated rings. The maximum atomic E-state index is 14.1. The van der Waals surface area contributed by atoms with E-state index in [-0.39, 0.29) is 11.4 Å². The van der Waals surface area contributed by atoms with Crippen molar-refractivity contribution in [2.75, 3.05) is 24.2 Å². The van der Waals surface area contributed by atoms with Crippen molar-refractivity contribution in [3.05, 3.63) is 60.4 Å². The standard InChI is InChI=1S/C22H21FN4O4S/c1-3-31-19-11-14(10-18-21(19)22(24)26-25-18)13-4-6-15(7-5-13)27-32(28,29)20-12-16(30-2)8-9-17(20)23/h4-12,27H,3H2,1-2H3,(H3,24,25,26). The number of nitrogens with two attached hydrogens (primary N) is 1. The van der Waals surface area contributed by atoms with Crippen LogP contribution in [0.3, 0.4) is 0 Å². The summed E-state index contributed by atoms with van der Waals surface area (Å²) < 4.78 is 52.5. The van der Waals surface area contributed by atoms with E-state index in [2.05, 4.69) is 14.9 Å². The third-order valence-electron chi connectivity index (χ3n) is 4.85. The van der Waals surface area contributed by atoms with Gasteiger partial charge in [-0.15, -0.1) is 0 Å². The minimum absolute atomic E-state index is 0.238. The molecule has 4 N–H and O–H groups in total. The Morgan fingerprint density at radius 3 is 2.53 bits per heavy atom. The first-order valence-corrected chi connectivity index (χ1v) is 11.2. The quantitative estimate of drug-likeness (QED) is 0.384. The molecule has 0 atom stereocenters. The van der Waals surface area contributed by atoms with Crippen LogP contribution in [0, 0.1) is 5.82 Å². The van der Waals surface area contributed by atoms with Gasteiger partial charge in [0.2, 0.25) is 0 Å². The Hall–Kier alpha value is -3.79. The smallest absolute Gasteiger partial charge is 0.264 e. The van der Waals surface area contributed by atoms with E-state index in [1.807, 2.05) is 19.1 Å². The number of aromatic nitrogens is 2. The first kappa shape index (κ1) is 21.4. The van der Waals surface area contributed by atoms with Crippen LogP contribution in [-0.2, 0) is 10.0 Å². The number of anilines is 2. The predicted molar refractivity (Wildman–Crippen MR) is 121 cm³/mol. The van der Waals surface area contributed by atoms with E-state index in [0.717, 1.165) is 28.8 Å². The lowest BCUT2D eigenvalue weighted by Crippen LogP contribution is -2.14. The van der Waals surface area contributed by atoms with Crippen LogP contribution in [0.15, 0.2) is 59.5 Å². The fourth-order valence-electron chi connectivity index (χ4n) is 3.34. The van der Waals surface area contributed by atoms with Crippen molar-refractivity contribution >= 4 is 32.4 Å². The van der Waals surface area contributed by atoms with Gasteiger partial charge in [-0.05, 0) is 54.4 Å². The van der Waals surface area contributed by atoms with Gasteiger partial charge in [-0.3, -0.25) is 9.82 Å².